The van der Waals surface area contributed by atoms with E-state index in [-0.39, 0.29) is 35.3 Å². The number of nitrogens with zero attached hydrogens (tertiary/aromatic N) is 1. The van der Waals surface area contributed by atoms with E-state index < -0.39 is 11.9 Å². The summed E-state index contributed by atoms with van der Waals surface area (Å²) in [7, 11) is 0. The molecule has 0 spiro atoms. The summed E-state index contributed by atoms with van der Waals surface area (Å²) in [4.78, 5) is 12.7. The molecule has 1 unspecified atom stereocenters. The number of rotatable bonds is 8. The van der Waals surface area contributed by atoms with Gasteiger partial charge in [0, 0.05) is 5.56 Å². The van der Waals surface area contributed by atoms with E-state index in [0.29, 0.717) is 30.3 Å². The number of hydrogen-bond acceptors (Lipinski definition) is 7. The van der Waals surface area contributed by atoms with Crippen LogP contribution in [-0.2, 0) is 14.3 Å². The van der Waals surface area contributed by atoms with Crippen LogP contribution in [0.4, 0.5) is 0 Å². The number of carbonyl (C=O) groups excluding carboxylic acids is 1. The van der Waals surface area contributed by atoms with Gasteiger partial charge in [-0.25, -0.2) is 4.79 Å². The zero-order chi connectivity index (χ0) is 20.7. The predicted molar refractivity (Wildman–Crippen MR) is 104 cm³/mol. The van der Waals surface area contributed by atoms with E-state index in [1.807, 2.05) is 19.9 Å². The number of para-hydroxylation sites is 1. The molecule has 0 aromatic heterocycles. The Morgan fingerprint density at radius 2 is 1.96 bits per heavy atom. The Balaban J connectivity index is 2.77. The van der Waals surface area contributed by atoms with E-state index in [9.17, 15) is 10.1 Å². The van der Waals surface area contributed by atoms with Crippen molar-refractivity contribution >= 4 is 17.6 Å². The highest BCUT2D eigenvalue weighted by Gasteiger charge is 2.39. The van der Waals surface area contributed by atoms with Crippen molar-refractivity contribution in [3.05, 3.63) is 46.6 Å². The monoisotopic (exact) mass is 406 g/mol. The Labute approximate surface area is 169 Å². The van der Waals surface area contributed by atoms with Crippen LogP contribution in [0.2, 0.25) is 0 Å². The van der Waals surface area contributed by atoms with Gasteiger partial charge in [-0.3, -0.25) is 0 Å². The molecule has 28 heavy (non-hydrogen) atoms. The van der Waals surface area contributed by atoms with E-state index in [1.54, 1.807) is 25.1 Å². The number of esters is 1. The highest BCUT2D eigenvalue weighted by Crippen LogP contribution is 2.46. The highest BCUT2D eigenvalue weighted by molar-refractivity contribution is 6.19. The fourth-order valence-electron chi connectivity index (χ4n) is 2.99. The summed E-state index contributed by atoms with van der Waals surface area (Å²) in [5, 5.41) is 9.73. The molecule has 7 nitrogen and oxygen atoms in total. The van der Waals surface area contributed by atoms with Crippen LogP contribution in [0.25, 0.3) is 0 Å². The Morgan fingerprint density at radius 1 is 1.25 bits per heavy atom. The molecule has 0 radical (unpaired) electrons. The van der Waals surface area contributed by atoms with Crippen LogP contribution in [0.5, 0.6) is 11.5 Å². The first-order valence-corrected chi connectivity index (χ1v) is 9.49. The first-order valence-electron chi connectivity index (χ1n) is 8.96. The molecule has 0 fully saturated rings. The standard InChI is InChI=1S/C20H23ClN2O5/c1-4-25-14-9-7-8-12(18(14)26-5-2)16-13(11-22)19(23)28-15(10-21)17(16)20(24)27-6-3/h7-9,16H,4-6,10,23H2,1-3H3. The van der Waals surface area contributed by atoms with Crippen LogP contribution in [0.1, 0.15) is 32.3 Å². The lowest BCUT2D eigenvalue weighted by Gasteiger charge is -2.29. The Hall–Kier alpha value is -2.85. The second-order valence-electron chi connectivity index (χ2n) is 5.66. The van der Waals surface area contributed by atoms with E-state index in [1.165, 1.54) is 0 Å². The fraction of sp³-hybridized carbons (Fsp3) is 0.400. The molecular formula is C20H23ClN2O5. The number of nitrogens with two attached hydrogens (primary N) is 1. The average Bonchev–Trinajstić information content (AvgIpc) is 2.68. The topological polar surface area (TPSA) is 104 Å². The van der Waals surface area contributed by atoms with Gasteiger partial charge in [-0.1, -0.05) is 12.1 Å². The number of carbonyl (C=O) groups is 1. The van der Waals surface area contributed by atoms with Crippen molar-refractivity contribution in [3.63, 3.8) is 0 Å². The number of hydrogen-bond donors (Lipinski definition) is 1. The van der Waals surface area contributed by atoms with E-state index in [4.69, 9.17) is 36.3 Å². The second-order valence-corrected chi connectivity index (χ2v) is 5.92. The third-order valence-electron chi connectivity index (χ3n) is 4.02. The van der Waals surface area contributed by atoms with Gasteiger partial charge in [0.15, 0.2) is 11.5 Å². The van der Waals surface area contributed by atoms with Gasteiger partial charge in [-0.2, -0.15) is 5.26 Å². The van der Waals surface area contributed by atoms with Gasteiger partial charge in [0.1, 0.15) is 17.4 Å². The van der Waals surface area contributed by atoms with Crippen LogP contribution in [-0.4, -0.2) is 31.7 Å². The molecule has 0 saturated carbocycles. The van der Waals surface area contributed by atoms with Gasteiger partial charge < -0.3 is 24.7 Å². The molecule has 2 rings (SSSR count). The summed E-state index contributed by atoms with van der Waals surface area (Å²) in [5.74, 6) is -0.638. The van der Waals surface area contributed by atoms with E-state index in [0.717, 1.165) is 0 Å². The molecule has 0 aliphatic carbocycles. The molecule has 1 aromatic carbocycles. The van der Waals surface area contributed by atoms with Gasteiger partial charge >= 0.3 is 5.97 Å². The third kappa shape index (κ3) is 4.18. The number of benzene rings is 1. The predicted octanol–water partition coefficient (Wildman–Crippen LogP) is 3.35. The van der Waals surface area contributed by atoms with Crippen LogP contribution >= 0.6 is 11.6 Å². The maximum atomic E-state index is 12.7. The van der Waals surface area contributed by atoms with Crippen molar-refractivity contribution in [3.8, 4) is 17.6 Å². The van der Waals surface area contributed by atoms with Gasteiger partial charge in [-0.05, 0) is 26.8 Å². The lowest BCUT2D eigenvalue weighted by atomic mass is 9.82. The summed E-state index contributed by atoms with van der Waals surface area (Å²) in [5.41, 5.74) is 6.70. The second kappa shape index (κ2) is 9.90. The number of nitriles is 1. The van der Waals surface area contributed by atoms with Crippen molar-refractivity contribution in [1.82, 2.24) is 0 Å². The first kappa shape index (κ1) is 21.5. The molecule has 0 saturated heterocycles. The Morgan fingerprint density at radius 3 is 2.54 bits per heavy atom. The minimum absolute atomic E-state index is 0.0755. The minimum atomic E-state index is -0.853. The quantitative estimate of drug-likeness (QED) is 0.521. The number of allylic oxidation sites excluding steroid dienone is 2. The maximum absolute atomic E-state index is 12.7. The van der Waals surface area contributed by atoms with Crippen LogP contribution < -0.4 is 15.2 Å². The molecule has 0 bridgehead atoms. The third-order valence-corrected chi connectivity index (χ3v) is 4.27. The zero-order valence-electron chi connectivity index (χ0n) is 16.1. The van der Waals surface area contributed by atoms with Gasteiger partial charge in [0.05, 0.1) is 37.2 Å². The van der Waals surface area contributed by atoms with Crippen LogP contribution in [0.15, 0.2) is 41.0 Å². The fourth-order valence-corrected chi connectivity index (χ4v) is 3.19. The van der Waals surface area contributed by atoms with Crippen LogP contribution in [0.3, 0.4) is 0 Å². The largest absolute Gasteiger partial charge is 0.490 e. The van der Waals surface area contributed by atoms with Crippen molar-refractivity contribution in [1.29, 1.82) is 5.26 Å². The zero-order valence-corrected chi connectivity index (χ0v) is 16.8. The Kier molecular flexibility index (Phi) is 7.59. The van der Waals surface area contributed by atoms with Gasteiger partial charge in [0.25, 0.3) is 0 Å². The molecule has 150 valence electrons. The van der Waals surface area contributed by atoms with E-state index in [2.05, 4.69) is 0 Å². The first-order chi connectivity index (χ1) is 13.5. The molecule has 1 aliphatic heterocycles. The van der Waals surface area contributed by atoms with Crippen molar-refractivity contribution in [2.24, 2.45) is 5.73 Å². The smallest absolute Gasteiger partial charge is 0.338 e. The van der Waals surface area contributed by atoms with Gasteiger partial charge in [0.2, 0.25) is 5.88 Å². The molecule has 1 atom stereocenters. The lowest BCUT2D eigenvalue weighted by molar-refractivity contribution is -0.139. The van der Waals surface area contributed by atoms with Crippen molar-refractivity contribution in [2.75, 3.05) is 25.7 Å². The number of halogens is 1. The van der Waals surface area contributed by atoms with E-state index >= 15 is 0 Å². The summed E-state index contributed by atoms with van der Waals surface area (Å²) in [6, 6.07) is 7.31. The normalized spacial score (nSPS) is 16.3. The SMILES string of the molecule is CCOC(=O)C1=C(CCl)OC(N)=C(C#N)C1c1cccc(OCC)c1OCC. The minimum Gasteiger partial charge on any atom is -0.490 e. The number of alkyl halides is 1. The van der Waals surface area contributed by atoms with Crippen LogP contribution in [0, 0.1) is 11.3 Å². The maximum Gasteiger partial charge on any atom is 0.338 e. The molecule has 1 aromatic rings. The summed E-state index contributed by atoms with van der Waals surface area (Å²) in [6.07, 6.45) is 0. The molecule has 2 N–H and O–H groups in total. The molecule has 8 heteroatoms. The molecule has 1 heterocycles. The summed E-state index contributed by atoms with van der Waals surface area (Å²) in [6.45, 7) is 6.32. The number of ether oxygens (including phenoxy) is 4. The van der Waals surface area contributed by atoms with Crippen molar-refractivity contribution < 1.29 is 23.7 Å². The summed E-state index contributed by atoms with van der Waals surface area (Å²) >= 11 is 6.00. The molecule has 1 aliphatic rings. The van der Waals surface area contributed by atoms with Crippen molar-refractivity contribution in [2.45, 2.75) is 26.7 Å². The lowest BCUT2D eigenvalue weighted by Crippen LogP contribution is -2.27. The van der Waals surface area contributed by atoms with Gasteiger partial charge in [-0.15, -0.1) is 11.6 Å². The summed E-state index contributed by atoms with van der Waals surface area (Å²) < 4.78 is 22.1. The average molecular weight is 407 g/mol. The molecular weight excluding hydrogens is 384 g/mol. The molecule has 0 amide bonds. The highest BCUT2D eigenvalue weighted by atomic mass is 35.5. The Bertz CT molecular complexity index is 841.